The van der Waals surface area contributed by atoms with Gasteiger partial charge in [0.2, 0.25) is 17.7 Å². The van der Waals surface area contributed by atoms with Crippen LogP contribution in [-0.4, -0.2) is 30.8 Å². The first-order valence-electron chi connectivity index (χ1n) is 8.52. The molecule has 0 saturated carbocycles. The molecule has 142 valence electrons. The van der Waals surface area contributed by atoms with Crippen molar-refractivity contribution >= 4 is 29.1 Å². The van der Waals surface area contributed by atoms with Crippen molar-refractivity contribution < 1.29 is 18.8 Å². The average molecular weight is 371 g/mol. The van der Waals surface area contributed by atoms with Crippen LogP contribution >= 0.6 is 0 Å². The second-order valence-corrected chi connectivity index (χ2v) is 6.06. The van der Waals surface area contributed by atoms with E-state index in [1.54, 1.807) is 36.4 Å². The van der Waals surface area contributed by atoms with Gasteiger partial charge < -0.3 is 15.5 Å². The summed E-state index contributed by atoms with van der Waals surface area (Å²) in [6.45, 7) is 3.06. The lowest BCUT2D eigenvalue weighted by atomic mass is 10.1. The minimum absolute atomic E-state index is 0.113. The summed E-state index contributed by atoms with van der Waals surface area (Å²) in [6, 6.07) is 12.7. The largest absolute Gasteiger partial charge is 0.354 e. The Morgan fingerprint density at radius 3 is 2.15 bits per heavy atom. The molecule has 2 aromatic rings. The Hall–Kier alpha value is -3.22. The first-order chi connectivity index (χ1) is 12.8. The summed E-state index contributed by atoms with van der Waals surface area (Å²) in [6.07, 6.45) is 0.567. The van der Waals surface area contributed by atoms with Crippen LogP contribution in [0.1, 0.15) is 19.4 Å². The van der Waals surface area contributed by atoms with Crippen LogP contribution in [0.3, 0.4) is 0 Å². The van der Waals surface area contributed by atoms with Gasteiger partial charge in [-0.3, -0.25) is 14.4 Å². The molecule has 2 rings (SSSR count). The normalized spacial score (nSPS) is 10.2. The first kappa shape index (κ1) is 20.1. The van der Waals surface area contributed by atoms with Crippen molar-refractivity contribution in [2.75, 3.05) is 23.3 Å². The van der Waals surface area contributed by atoms with Gasteiger partial charge in [-0.1, -0.05) is 12.1 Å². The zero-order chi connectivity index (χ0) is 19.8. The van der Waals surface area contributed by atoms with Gasteiger partial charge in [0.25, 0.3) is 0 Å². The molecule has 0 aliphatic carbocycles. The number of amides is 3. The summed E-state index contributed by atoms with van der Waals surface area (Å²) in [5, 5.41) is 5.40. The van der Waals surface area contributed by atoms with Gasteiger partial charge in [0.15, 0.2) is 0 Å². The molecule has 6 nitrogen and oxygen atoms in total. The Balaban J connectivity index is 1.90. The third-order valence-electron chi connectivity index (χ3n) is 3.83. The maximum atomic E-state index is 12.9. The van der Waals surface area contributed by atoms with E-state index in [-0.39, 0.29) is 30.1 Å². The van der Waals surface area contributed by atoms with Gasteiger partial charge in [-0.15, -0.1) is 0 Å². The van der Waals surface area contributed by atoms with Crippen LogP contribution < -0.4 is 15.5 Å². The highest BCUT2D eigenvalue weighted by Gasteiger charge is 2.15. The van der Waals surface area contributed by atoms with Gasteiger partial charge in [0, 0.05) is 31.8 Å². The standard InChI is InChI=1S/C20H22FN3O3/c1-14(25)23-18-7-9-19(10-8-18)24(15(2)26)13-20(27)22-12-11-16-3-5-17(21)6-4-16/h3-10H,11-13H2,1-2H3,(H,22,27)(H,23,25). The molecule has 0 heterocycles. The monoisotopic (exact) mass is 371 g/mol. The van der Waals surface area contributed by atoms with E-state index >= 15 is 0 Å². The maximum Gasteiger partial charge on any atom is 0.240 e. The fraction of sp³-hybridized carbons (Fsp3) is 0.250. The number of benzene rings is 2. The summed E-state index contributed by atoms with van der Waals surface area (Å²) >= 11 is 0. The van der Waals surface area contributed by atoms with Gasteiger partial charge in [-0.2, -0.15) is 0 Å². The molecule has 0 radical (unpaired) electrons. The Morgan fingerprint density at radius 2 is 1.59 bits per heavy atom. The lowest BCUT2D eigenvalue weighted by molar-refractivity contribution is -0.123. The molecule has 3 amide bonds. The second kappa shape index (κ2) is 9.47. The molecule has 0 aliphatic heterocycles. The van der Waals surface area contributed by atoms with E-state index < -0.39 is 0 Å². The topological polar surface area (TPSA) is 78.5 Å². The van der Waals surface area contributed by atoms with Crippen molar-refractivity contribution in [3.05, 3.63) is 59.9 Å². The minimum Gasteiger partial charge on any atom is -0.354 e. The van der Waals surface area contributed by atoms with E-state index in [1.807, 2.05) is 0 Å². The molecule has 0 aliphatic rings. The van der Waals surface area contributed by atoms with Crippen LogP contribution in [0.5, 0.6) is 0 Å². The van der Waals surface area contributed by atoms with Crippen molar-refractivity contribution in [1.82, 2.24) is 5.32 Å². The van der Waals surface area contributed by atoms with Crippen LogP contribution in [0, 0.1) is 5.82 Å². The van der Waals surface area contributed by atoms with E-state index in [1.165, 1.54) is 30.9 Å². The number of halogens is 1. The van der Waals surface area contributed by atoms with Crippen molar-refractivity contribution in [3.8, 4) is 0 Å². The molecule has 0 unspecified atom stereocenters. The van der Waals surface area contributed by atoms with Crippen molar-refractivity contribution in [2.24, 2.45) is 0 Å². The Kier molecular flexibility index (Phi) is 7.05. The fourth-order valence-corrected chi connectivity index (χ4v) is 2.51. The van der Waals surface area contributed by atoms with Crippen LogP contribution in [0.25, 0.3) is 0 Å². The Morgan fingerprint density at radius 1 is 0.963 bits per heavy atom. The number of carbonyl (C=O) groups excluding carboxylic acids is 3. The van der Waals surface area contributed by atoms with Gasteiger partial charge in [0.1, 0.15) is 12.4 Å². The highest BCUT2D eigenvalue weighted by atomic mass is 19.1. The lowest BCUT2D eigenvalue weighted by Gasteiger charge is -2.21. The van der Waals surface area contributed by atoms with E-state index in [2.05, 4.69) is 10.6 Å². The summed E-state index contributed by atoms with van der Waals surface area (Å²) in [4.78, 5) is 36.5. The van der Waals surface area contributed by atoms with Gasteiger partial charge in [-0.05, 0) is 48.4 Å². The molecule has 0 bridgehead atoms. The molecule has 0 saturated heterocycles. The highest BCUT2D eigenvalue weighted by molar-refractivity contribution is 5.97. The van der Waals surface area contributed by atoms with Crippen LogP contribution in [0.4, 0.5) is 15.8 Å². The number of hydrogen-bond acceptors (Lipinski definition) is 3. The summed E-state index contributed by atoms with van der Waals surface area (Å²) in [5.74, 6) is -1.05. The van der Waals surface area contributed by atoms with E-state index in [9.17, 15) is 18.8 Å². The number of anilines is 2. The smallest absolute Gasteiger partial charge is 0.240 e. The fourth-order valence-electron chi connectivity index (χ4n) is 2.51. The van der Waals surface area contributed by atoms with Gasteiger partial charge in [0.05, 0.1) is 0 Å². The van der Waals surface area contributed by atoms with Crippen molar-refractivity contribution in [3.63, 3.8) is 0 Å². The quantitative estimate of drug-likeness (QED) is 0.785. The minimum atomic E-state index is -0.301. The van der Waals surface area contributed by atoms with Crippen molar-refractivity contribution in [1.29, 1.82) is 0 Å². The van der Waals surface area contributed by atoms with Gasteiger partial charge in [-0.25, -0.2) is 4.39 Å². The van der Waals surface area contributed by atoms with E-state index in [0.29, 0.717) is 24.3 Å². The summed E-state index contributed by atoms with van der Waals surface area (Å²) in [5.41, 5.74) is 2.08. The highest BCUT2D eigenvalue weighted by Crippen LogP contribution is 2.18. The van der Waals surface area contributed by atoms with E-state index in [4.69, 9.17) is 0 Å². The average Bonchev–Trinajstić information content (AvgIpc) is 2.61. The Labute approximate surface area is 157 Å². The number of hydrogen-bond donors (Lipinski definition) is 2. The summed E-state index contributed by atoms with van der Waals surface area (Å²) in [7, 11) is 0. The molecular weight excluding hydrogens is 349 g/mol. The number of nitrogens with zero attached hydrogens (tertiary/aromatic N) is 1. The molecule has 7 heteroatoms. The number of carbonyl (C=O) groups is 3. The van der Waals surface area contributed by atoms with Gasteiger partial charge >= 0.3 is 0 Å². The number of nitrogens with one attached hydrogen (secondary N) is 2. The molecule has 27 heavy (non-hydrogen) atoms. The molecule has 0 spiro atoms. The lowest BCUT2D eigenvalue weighted by Crippen LogP contribution is -2.40. The molecule has 0 atom stereocenters. The van der Waals surface area contributed by atoms with E-state index in [0.717, 1.165) is 5.56 Å². The van der Waals surface area contributed by atoms with Crippen LogP contribution in [0.15, 0.2) is 48.5 Å². The molecule has 2 N–H and O–H groups in total. The predicted molar refractivity (Wildman–Crippen MR) is 102 cm³/mol. The SMILES string of the molecule is CC(=O)Nc1ccc(N(CC(=O)NCCc2ccc(F)cc2)C(C)=O)cc1. The predicted octanol–water partition coefficient (Wildman–Crippen LogP) is 2.50. The van der Waals surface area contributed by atoms with Crippen LogP contribution in [-0.2, 0) is 20.8 Å². The zero-order valence-electron chi connectivity index (χ0n) is 15.3. The second-order valence-electron chi connectivity index (χ2n) is 6.06. The molecule has 2 aromatic carbocycles. The number of rotatable bonds is 7. The Bertz CT molecular complexity index is 804. The molecule has 0 fully saturated rings. The third kappa shape index (κ3) is 6.54. The summed E-state index contributed by atoms with van der Waals surface area (Å²) < 4.78 is 12.9. The zero-order valence-corrected chi connectivity index (χ0v) is 15.3. The van der Waals surface area contributed by atoms with Crippen LogP contribution in [0.2, 0.25) is 0 Å². The maximum absolute atomic E-state index is 12.9. The first-order valence-corrected chi connectivity index (χ1v) is 8.52. The molecular formula is C20H22FN3O3. The third-order valence-corrected chi connectivity index (χ3v) is 3.83. The molecule has 0 aromatic heterocycles. The van der Waals surface area contributed by atoms with Crippen molar-refractivity contribution in [2.45, 2.75) is 20.3 Å².